The minimum absolute atomic E-state index is 0.0414. The van der Waals surface area contributed by atoms with Crippen LogP contribution in [0.5, 0.6) is 0 Å². The zero-order chi connectivity index (χ0) is 54.7. The van der Waals surface area contributed by atoms with E-state index in [4.69, 9.17) is 23.7 Å². The zero-order valence-corrected chi connectivity index (χ0v) is 47.0. The summed E-state index contributed by atoms with van der Waals surface area (Å²) in [4.78, 5) is 51.1. The predicted molar refractivity (Wildman–Crippen MR) is 303 cm³/mol. The summed E-state index contributed by atoms with van der Waals surface area (Å²) in [6.07, 6.45) is 52.7. The molecule has 0 saturated carbocycles. The summed E-state index contributed by atoms with van der Waals surface area (Å²) >= 11 is 0. The van der Waals surface area contributed by atoms with E-state index in [9.17, 15) is 34.5 Å². The summed E-state index contributed by atoms with van der Waals surface area (Å²) in [6, 6.07) is 0. The van der Waals surface area contributed by atoms with E-state index in [1.165, 1.54) is 64.2 Å². The number of rotatable bonds is 49. The van der Waals surface area contributed by atoms with E-state index in [0.29, 0.717) is 25.7 Å². The SMILES string of the molecule is CC/C=C\C/C=C\C/C=C\C/C=C\C/C=C\CCCC(=O)OCC(COC1OC(C(=O)O)C(O)C(O)C1OC(=O)CCCCCCC/C=C\CCCCCC)OC(=O)CCCCCCC/C=C\CCCCCCCC. The first-order chi connectivity index (χ1) is 36.6. The molecule has 0 aromatic rings. The normalized spacial score (nSPS) is 18.8. The molecule has 1 aliphatic heterocycles. The number of allylic oxidation sites excluding steroid dienone is 14. The molecule has 428 valence electrons. The number of carbonyl (C=O) groups excluding carboxylic acids is 3. The fraction of sp³-hybridized carbons (Fsp3) is 0.714. The molecule has 6 atom stereocenters. The van der Waals surface area contributed by atoms with E-state index in [-0.39, 0.29) is 25.9 Å². The highest BCUT2D eigenvalue weighted by Gasteiger charge is 2.50. The van der Waals surface area contributed by atoms with Crippen LogP contribution in [0.25, 0.3) is 0 Å². The van der Waals surface area contributed by atoms with Gasteiger partial charge < -0.3 is 39.0 Å². The molecule has 0 spiro atoms. The largest absolute Gasteiger partial charge is 0.479 e. The highest BCUT2D eigenvalue weighted by atomic mass is 16.7. The third-order valence-corrected chi connectivity index (χ3v) is 12.9. The van der Waals surface area contributed by atoms with Crippen LogP contribution < -0.4 is 0 Å². The standard InChI is InChI=1S/C63H104O12/c1-4-7-10-13-16-19-22-25-27-28-30-32-34-37-40-43-46-49-55(64)71-52-54(73-56(65)50-47-44-41-38-36-33-29-26-23-20-17-14-11-8-5-2)53-72-63-61(59(68)58(67)60(75-63)62(69)70)74-57(66)51-48-45-42-39-35-31-24-21-18-15-12-9-6-3/h7,10,16,19,21,24-27,29-30,32,37,40,54,58-61,63,67-68H,4-6,8-9,11-15,17-18,20,22-23,28,31,33-36,38-39,41-53H2,1-3H3,(H,69,70)/b10-7-,19-16-,24-21-,27-25-,29-26-,32-30-,40-37-. The molecule has 0 aromatic heterocycles. The van der Waals surface area contributed by atoms with Crippen LogP contribution in [0.4, 0.5) is 0 Å². The van der Waals surface area contributed by atoms with Crippen molar-refractivity contribution in [2.45, 2.75) is 276 Å². The van der Waals surface area contributed by atoms with Gasteiger partial charge in [0.2, 0.25) is 0 Å². The Kier molecular flexibility index (Phi) is 46.6. The first kappa shape index (κ1) is 68.9. The average Bonchev–Trinajstić information content (AvgIpc) is 3.39. The second-order valence-electron chi connectivity index (χ2n) is 19.9. The molecule has 1 fully saturated rings. The van der Waals surface area contributed by atoms with Crippen LogP contribution in [0, 0.1) is 0 Å². The lowest BCUT2D eigenvalue weighted by Gasteiger charge is -2.40. The molecule has 0 bridgehead atoms. The molecule has 0 aliphatic carbocycles. The van der Waals surface area contributed by atoms with Crippen molar-refractivity contribution in [3.8, 4) is 0 Å². The van der Waals surface area contributed by atoms with Crippen LogP contribution in [-0.4, -0.2) is 89.2 Å². The maximum atomic E-state index is 13.1. The molecular formula is C63H104O12. The highest BCUT2D eigenvalue weighted by molar-refractivity contribution is 5.74. The van der Waals surface area contributed by atoms with Crippen LogP contribution in [0.3, 0.4) is 0 Å². The van der Waals surface area contributed by atoms with Crippen LogP contribution in [0.2, 0.25) is 0 Å². The molecule has 0 aromatic carbocycles. The lowest BCUT2D eigenvalue weighted by Crippen LogP contribution is -2.61. The minimum Gasteiger partial charge on any atom is -0.479 e. The smallest absolute Gasteiger partial charge is 0.335 e. The van der Waals surface area contributed by atoms with Crippen molar-refractivity contribution in [2.24, 2.45) is 0 Å². The first-order valence-corrected chi connectivity index (χ1v) is 29.6. The van der Waals surface area contributed by atoms with Crippen molar-refractivity contribution in [1.29, 1.82) is 0 Å². The number of hydrogen-bond acceptors (Lipinski definition) is 11. The van der Waals surface area contributed by atoms with E-state index >= 15 is 0 Å². The quantitative estimate of drug-likeness (QED) is 0.0228. The Bertz CT molecular complexity index is 1630. The number of carboxylic acid groups (broad SMARTS) is 1. The Morgan fingerprint density at radius 3 is 1.35 bits per heavy atom. The van der Waals surface area contributed by atoms with Gasteiger partial charge in [0.1, 0.15) is 18.8 Å². The number of carbonyl (C=O) groups is 4. The molecule has 0 radical (unpaired) electrons. The van der Waals surface area contributed by atoms with E-state index in [1.807, 2.05) is 6.08 Å². The number of aliphatic carboxylic acids is 1. The van der Waals surface area contributed by atoms with Crippen LogP contribution in [0.15, 0.2) is 85.1 Å². The van der Waals surface area contributed by atoms with Crippen molar-refractivity contribution in [1.82, 2.24) is 0 Å². The van der Waals surface area contributed by atoms with Gasteiger partial charge in [-0.3, -0.25) is 14.4 Å². The third kappa shape index (κ3) is 40.8. The third-order valence-electron chi connectivity index (χ3n) is 12.9. The second-order valence-corrected chi connectivity index (χ2v) is 19.9. The highest BCUT2D eigenvalue weighted by Crippen LogP contribution is 2.26. The lowest BCUT2D eigenvalue weighted by molar-refractivity contribution is -0.301. The predicted octanol–water partition coefficient (Wildman–Crippen LogP) is 15.1. The van der Waals surface area contributed by atoms with Gasteiger partial charge in [-0.2, -0.15) is 0 Å². The van der Waals surface area contributed by atoms with E-state index < -0.39 is 67.3 Å². The Hall–Kier alpha value is -4.10. The average molecular weight is 1050 g/mol. The van der Waals surface area contributed by atoms with Crippen molar-refractivity contribution < 1.29 is 58.2 Å². The van der Waals surface area contributed by atoms with Crippen molar-refractivity contribution in [3.63, 3.8) is 0 Å². The van der Waals surface area contributed by atoms with Gasteiger partial charge in [-0.25, -0.2) is 4.79 Å². The van der Waals surface area contributed by atoms with Crippen molar-refractivity contribution >= 4 is 23.9 Å². The number of ether oxygens (including phenoxy) is 5. The van der Waals surface area contributed by atoms with Gasteiger partial charge in [0.25, 0.3) is 0 Å². The Balaban J connectivity index is 2.75. The van der Waals surface area contributed by atoms with Gasteiger partial charge in [-0.05, 0) is 109 Å². The van der Waals surface area contributed by atoms with Gasteiger partial charge in [0.05, 0.1) is 6.61 Å². The summed E-state index contributed by atoms with van der Waals surface area (Å²) in [6.45, 7) is 5.79. The molecule has 3 N–H and O–H groups in total. The Morgan fingerprint density at radius 1 is 0.453 bits per heavy atom. The molecule has 1 heterocycles. The molecule has 6 unspecified atom stereocenters. The molecule has 1 aliphatic rings. The molecule has 0 amide bonds. The summed E-state index contributed by atoms with van der Waals surface area (Å²) in [5, 5.41) is 31.5. The number of carboxylic acids is 1. The van der Waals surface area contributed by atoms with Crippen molar-refractivity contribution in [3.05, 3.63) is 85.1 Å². The number of aliphatic hydroxyl groups excluding tert-OH is 2. The summed E-state index contributed by atoms with van der Waals surface area (Å²) < 4.78 is 28.3. The number of aliphatic hydroxyl groups is 2. The van der Waals surface area contributed by atoms with Crippen molar-refractivity contribution in [2.75, 3.05) is 13.2 Å². The number of esters is 3. The van der Waals surface area contributed by atoms with Crippen LogP contribution in [0.1, 0.15) is 239 Å². The molecule has 12 nitrogen and oxygen atoms in total. The maximum Gasteiger partial charge on any atom is 0.335 e. The lowest BCUT2D eigenvalue weighted by atomic mass is 9.98. The Labute approximate surface area is 454 Å². The van der Waals surface area contributed by atoms with E-state index in [2.05, 4.69) is 99.8 Å². The molecule has 75 heavy (non-hydrogen) atoms. The molecule has 1 saturated heterocycles. The second kappa shape index (κ2) is 50.7. The molecular weight excluding hydrogens is 949 g/mol. The van der Waals surface area contributed by atoms with Gasteiger partial charge in [-0.1, -0.05) is 196 Å². The fourth-order valence-electron chi connectivity index (χ4n) is 8.39. The first-order valence-electron chi connectivity index (χ1n) is 29.6. The van der Waals surface area contributed by atoms with Gasteiger partial charge >= 0.3 is 23.9 Å². The fourth-order valence-corrected chi connectivity index (χ4v) is 8.39. The molecule has 1 rings (SSSR count). The van der Waals surface area contributed by atoms with E-state index in [1.54, 1.807) is 0 Å². The van der Waals surface area contributed by atoms with E-state index in [0.717, 1.165) is 109 Å². The zero-order valence-electron chi connectivity index (χ0n) is 47.0. The van der Waals surface area contributed by atoms with Gasteiger partial charge in [0, 0.05) is 19.3 Å². The monoisotopic (exact) mass is 1050 g/mol. The van der Waals surface area contributed by atoms with Crippen LogP contribution >= 0.6 is 0 Å². The van der Waals surface area contributed by atoms with Gasteiger partial charge in [0.15, 0.2) is 24.6 Å². The summed E-state index contributed by atoms with van der Waals surface area (Å²) in [7, 11) is 0. The minimum atomic E-state index is -1.92. The van der Waals surface area contributed by atoms with Gasteiger partial charge in [-0.15, -0.1) is 0 Å². The van der Waals surface area contributed by atoms with Crippen LogP contribution in [-0.2, 0) is 42.9 Å². The number of hydrogen-bond donors (Lipinski definition) is 3. The maximum absolute atomic E-state index is 13.1. The summed E-state index contributed by atoms with van der Waals surface area (Å²) in [5.74, 6) is -3.22. The number of unbranched alkanes of at least 4 members (excludes halogenated alkanes) is 21. The summed E-state index contributed by atoms with van der Waals surface area (Å²) in [5.41, 5.74) is 0. The topological polar surface area (TPSA) is 175 Å². The Morgan fingerprint density at radius 2 is 0.853 bits per heavy atom. The molecule has 12 heteroatoms.